The maximum atomic E-state index is 11.9. The molecule has 0 saturated carbocycles. The van der Waals surface area contributed by atoms with Gasteiger partial charge in [-0.2, -0.15) is 0 Å². The minimum absolute atomic E-state index is 0.273. The first-order valence-electron chi connectivity index (χ1n) is 6.14. The van der Waals surface area contributed by atoms with E-state index < -0.39 is 0 Å². The van der Waals surface area contributed by atoms with Crippen LogP contribution in [0.3, 0.4) is 0 Å². The molecule has 0 N–H and O–H groups in total. The average Bonchev–Trinajstić information content (AvgIpc) is 2.52. The summed E-state index contributed by atoms with van der Waals surface area (Å²) in [5.41, 5.74) is 1.47. The van der Waals surface area contributed by atoms with Crippen LogP contribution in [-0.4, -0.2) is 30.1 Å². The van der Waals surface area contributed by atoms with Gasteiger partial charge in [-0.3, -0.25) is 14.6 Å². The fourth-order valence-electron chi connectivity index (χ4n) is 1.62. The summed E-state index contributed by atoms with van der Waals surface area (Å²) in [6.45, 7) is 0.431. The SMILES string of the molecule is CON(C)C(=O)c1cncc(OCc2ccccc2)c1. The summed E-state index contributed by atoms with van der Waals surface area (Å²) in [6.07, 6.45) is 3.06. The van der Waals surface area contributed by atoms with E-state index in [0.29, 0.717) is 17.9 Å². The maximum Gasteiger partial charge on any atom is 0.278 e. The molecule has 0 unspecified atom stereocenters. The molecule has 1 aromatic carbocycles. The van der Waals surface area contributed by atoms with Crippen LogP contribution in [0, 0.1) is 0 Å². The van der Waals surface area contributed by atoms with Gasteiger partial charge in [0.25, 0.3) is 5.91 Å². The number of ether oxygens (including phenoxy) is 1. The predicted molar refractivity (Wildman–Crippen MR) is 74.1 cm³/mol. The van der Waals surface area contributed by atoms with Gasteiger partial charge in [0.05, 0.1) is 18.9 Å². The third kappa shape index (κ3) is 3.55. The van der Waals surface area contributed by atoms with E-state index >= 15 is 0 Å². The number of carbonyl (C=O) groups excluding carboxylic acids is 1. The van der Waals surface area contributed by atoms with E-state index in [9.17, 15) is 4.79 Å². The van der Waals surface area contributed by atoms with Crippen molar-refractivity contribution in [3.05, 3.63) is 59.9 Å². The van der Waals surface area contributed by atoms with Crippen molar-refractivity contribution in [3.8, 4) is 5.75 Å². The maximum absolute atomic E-state index is 11.9. The molecule has 2 rings (SSSR count). The third-order valence-electron chi connectivity index (χ3n) is 2.77. The first-order chi connectivity index (χ1) is 9.70. The number of carbonyl (C=O) groups is 1. The Morgan fingerprint density at radius 2 is 2.00 bits per heavy atom. The van der Waals surface area contributed by atoms with Crippen LogP contribution in [0.2, 0.25) is 0 Å². The molecule has 1 heterocycles. The molecule has 0 aliphatic rings. The Hall–Kier alpha value is -2.40. The molecule has 2 aromatic rings. The highest BCUT2D eigenvalue weighted by Gasteiger charge is 2.12. The molecule has 0 aliphatic heterocycles. The molecule has 1 aromatic heterocycles. The summed E-state index contributed by atoms with van der Waals surface area (Å²) in [7, 11) is 2.97. The second kappa shape index (κ2) is 6.68. The number of rotatable bonds is 5. The molecule has 0 saturated heterocycles. The zero-order valence-corrected chi connectivity index (χ0v) is 11.4. The number of hydroxylamine groups is 2. The molecule has 0 bridgehead atoms. The number of hydrogen-bond donors (Lipinski definition) is 0. The molecule has 0 radical (unpaired) electrons. The van der Waals surface area contributed by atoms with Gasteiger partial charge in [-0.05, 0) is 11.6 Å². The number of amides is 1. The van der Waals surface area contributed by atoms with E-state index in [1.54, 1.807) is 19.3 Å². The van der Waals surface area contributed by atoms with Crippen LogP contribution in [0.15, 0.2) is 48.8 Å². The van der Waals surface area contributed by atoms with E-state index in [2.05, 4.69) is 4.98 Å². The van der Waals surface area contributed by atoms with Crippen molar-refractivity contribution in [2.24, 2.45) is 0 Å². The van der Waals surface area contributed by atoms with Crippen molar-refractivity contribution in [1.29, 1.82) is 0 Å². The number of hydrogen-bond acceptors (Lipinski definition) is 4. The minimum atomic E-state index is -0.273. The van der Waals surface area contributed by atoms with Gasteiger partial charge in [0, 0.05) is 13.2 Å². The zero-order chi connectivity index (χ0) is 14.4. The monoisotopic (exact) mass is 272 g/mol. The van der Waals surface area contributed by atoms with Crippen molar-refractivity contribution >= 4 is 5.91 Å². The lowest BCUT2D eigenvalue weighted by atomic mass is 10.2. The molecule has 1 amide bonds. The van der Waals surface area contributed by atoms with Crippen LogP contribution in [-0.2, 0) is 11.4 Å². The number of benzene rings is 1. The lowest BCUT2D eigenvalue weighted by molar-refractivity contribution is -0.0757. The van der Waals surface area contributed by atoms with Crippen molar-refractivity contribution < 1.29 is 14.4 Å². The summed E-state index contributed by atoms with van der Waals surface area (Å²) in [6, 6.07) is 11.4. The molecule has 0 aliphatic carbocycles. The van der Waals surface area contributed by atoms with Crippen molar-refractivity contribution in [2.45, 2.75) is 6.61 Å². The first-order valence-corrected chi connectivity index (χ1v) is 6.14. The smallest absolute Gasteiger partial charge is 0.278 e. The van der Waals surface area contributed by atoms with Gasteiger partial charge in [0.1, 0.15) is 12.4 Å². The van der Waals surface area contributed by atoms with E-state index in [0.717, 1.165) is 10.6 Å². The van der Waals surface area contributed by atoms with E-state index in [1.165, 1.54) is 13.3 Å². The van der Waals surface area contributed by atoms with Gasteiger partial charge in [0.2, 0.25) is 0 Å². The van der Waals surface area contributed by atoms with Gasteiger partial charge in [-0.1, -0.05) is 30.3 Å². The molecule has 0 spiro atoms. The van der Waals surface area contributed by atoms with Gasteiger partial charge in [-0.25, -0.2) is 5.06 Å². The van der Waals surface area contributed by atoms with Crippen LogP contribution >= 0.6 is 0 Å². The highest BCUT2D eigenvalue weighted by atomic mass is 16.7. The largest absolute Gasteiger partial charge is 0.487 e. The summed E-state index contributed by atoms with van der Waals surface area (Å²) < 4.78 is 5.62. The summed E-state index contributed by atoms with van der Waals surface area (Å²) in [5.74, 6) is 0.273. The van der Waals surface area contributed by atoms with Gasteiger partial charge in [0.15, 0.2) is 0 Å². The first kappa shape index (κ1) is 14.0. The van der Waals surface area contributed by atoms with Gasteiger partial charge >= 0.3 is 0 Å². The highest BCUT2D eigenvalue weighted by Crippen LogP contribution is 2.14. The number of aromatic nitrogens is 1. The Morgan fingerprint density at radius 3 is 2.70 bits per heavy atom. The van der Waals surface area contributed by atoms with E-state index in [-0.39, 0.29) is 5.91 Å². The van der Waals surface area contributed by atoms with Crippen LogP contribution < -0.4 is 4.74 Å². The highest BCUT2D eigenvalue weighted by molar-refractivity contribution is 5.93. The lowest BCUT2D eigenvalue weighted by Gasteiger charge is -2.14. The topological polar surface area (TPSA) is 51.7 Å². The Labute approximate surface area is 117 Å². The zero-order valence-electron chi connectivity index (χ0n) is 11.4. The summed E-state index contributed by atoms with van der Waals surface area (Å²) in [5, 5.41) is 1.14. The Kier molecular flexibility index (Phi) is 4.68. The van der Waals surface area contributed by atoms with Crippen molar-refractivity contribution in [2.75, 3.05) is 14.2 Å². The lowest BCUT2D eigenvalue weighted by Crippen LogP contribution is -2.25. The average molecular weight is 272 g/mol. The Morgan fingerprint density at radius 1 is 1.25 bits per heavy atom. The van der Waals surface area contributed by atoms with Crippen LogP contribution in [0.5, 0.6) is 5.75 Å². The third-order valence-corrected chi connectivity index (χ3v) is 2.77. The van der Waals surface area contributed by atoms with Crippen LogP contribution in [0.25, 0.3) is 0 Å². The molecule has 5 nitrogen and oxygen atoms in total. The molecule has 104 valence electrons. The number of nitrogens with zero attached hydrogens (tertiary/aromatic N) is 2. The van der Waals surface area contributed by atoms with Crippen LogP contribution in [0.4, 0.5) is 0 Å². The van der Waals surface area contributed by atoms with E-state index in [1.807, 2.05) is 30.3 Å². The fraction of sp³-hybridized carbons (Fsp3) is 0.200. The summed E-state index contributed by atoms with van der Waals surface area (Å²) >= 11 is 0. The Bertz CT molecular complexity index is 572. The summed E-state index contributed by atoms with van der Waals surface area (Å²) in [4.78, 5) is 20.8. The van der Waals surface area contributed by atoms with Gasteiger partial charge in [-0.15, -0.1) is 0 Å². The quantitative estimate of drug-likeness (QED) is 0.784. The minimum Gasteiger partial charge on any atom is -0.487 e. The fourth-order valence-corrected chi connectivity index (χ4v) is 1.62. The predicted octanol–water partition coefficient (Wildman–Crippen LogP) is 2.29. The molecular weight excluding hydrogens is 256 g/mol. The van der Waals surface area contributed by atoms with Crippen molar-refractivity contribution in [3.63, 3.8) is 0 Å². The van der Waals surface area contributed by atoms with E-state index in [4.69, 9.17) is 9.57 Å². The van der Waals surface area contributed by atoms with Gasteiger partial charge < -0.3 is 4.74 Å². The molecule has 20 heavy (non-hydrogen) atoms. The molecule has 5 heteroatoms. The molecule has 0 atom stereocenters. The standard InChI is InChI=1S/C15H16N2O3/c1-17(19-2)15(18)13-8-14(10-16-9-13)20-11-12-6-4-3-5-7-12/h3-10H,11H2,1-2H3. The normalized spacial score (nSPS) is 10.1. The molecular formula is C15H16N2O3. The van der Waals surface area contributed by atoms with Crippen molar-refractivity contribution in [1.82, 2.24) is 10.0 Å². The second-order valence-electron chi connectivity index (χ2n) is 4.17. The van der Waals surface area contributed by atoms with Crippen LogP contribution in [0.1, 0.15) is 15.9 Å². The molecule has 0 fully saturated rings. The Balaban J connectivity index is 2.05. The second-order valence-corrected chi connectivity index (χ2v) is 4.17. The number of pyridine rings is 1.